The van der Waals surface area contributed by atoms with Gasteiger partial charge in [0.05, 0.1) is 12.2 Å². The fraction of sp³-hybridized carbons (Fsp3) is 0.696. The fourth-order valence-electron chi connectivity index (χ4n) is 2.98. The van der Waals surface area contributed by atoms with Crippen molar-refractivity contribution >= 4 is 5.96 Å². The third kappa shape index (κ3) is 10.7. The van der Waals surface area contributed by atoms with E-state index < -0.39 is 0 Å². The third-order valence-corrected chi connectivity index (χ3v) is 4.74. The van der Waals surface area contributed by atoms with Gasteiger partial charge in [-0.1, -0.05) is 38.1 Å². The first-order valence-corrected chi connectivity index (χ1v) is 10.7. The predicted molar refractivity (Wildman–Crippen MR) is 121 cm³/mol. The summed E-state index contributed by atoms with van der Waals surface area (Å²) in [4.78, 5) is 6.84. The highest BCUT2D eigenvalue weighted by atomic mass is 16.5. The Hall–Kier alpha value is -1.59. The lowest BCUT2D eigenvalue weighted by atomic mass is 10.1. The van der Waals surface area contributed by atoms with Crippen LogP contribution in [0.4, 0.5) is 0 Å². The normalized spacial score (nSPS) is 13.6. The number of nitrogens with one attached hydrogen (secondary N) is 2. The number of hydrogen-bond acceptors (Lipinski definition) is 3. The molecule has 5 nitrogen and oxygen atoms in total. The average Bonchev–Trinajstić information content (AvgIpc) is 2.66. The Morgan fingerprint density at radius 1 is 1.18 bits per heavy atom. The van der Waals surface area contributed by atoms with Crippen molar-refractivity contribution in [1.82, 2.24) is 15.5 Å². The van der Waals surface area contributed by atoms with Gasteiger partial charge < -0.3 is 20.3 Å². The summed E-state index contributed by atoms with van der Waals surface area (Å²) < 4.78 is 5.88. The number of ether oxygens (including phenoxy) is 1. The van der Waals surface area contributed by atoms with E-state index in [1.807, 2.05) is 7.05 Å². The summed E-state index contributed by atoms with van der Waals surface area (Å²) in [6.07, 6.45) is 2.33. The number of aliphatic imine (C=N–C) groups is 1. The molecule has 1 aromatic carbocycles. The second-order valence-corrected chi connectivity index (χ2v) is 8.36. The van der Waals surface area contributed by atoms with Gasteiger partial charge in [-0.2, -0.15) is 0 Å². The molecule has 0 aliphatic carbocycles. The van der Waals surface area contributed by atoms with E-state index in [1.165, 1.54) is 17.5 Å². The minimum absolute atomic E-state index is 0.123. The Morgan fingerprint density at radius 3 is 2.46 bits per heavy atom. The fourth-order valence-corrected chi connectivity index (χ4v) is 2.98. The highest BCUT2D eigenvalue weighted by molar-refractivity contribution is 5.79. The van der Waals surface area contributed by atoms with E-state index in [4.69, 9.17) is 4.74 Å². The Kier molecular flexibility index (Phi) is 11.2. The Morgan fingerprint density at radius 2 is 1.86 bits per heavy atom. The maximum Gasteiger partial charge on any atom is 0.191 e. The molecular formula is C23H42N4O. The summed E-state index contributed by atoms with van der Waals surface area (Å²) in [5.41, 5.74) is 2.30. The van der Waals surface area contributed by atoms with Crippen molar-refractivity contribution in [3.63, 3.8) is 0 Å². The molecule has 1 unspecified atom stereocenters. The number of hydrogen-bond donors (Lipinski definition) is 2. The first-order chi connectivity index (χ1) is 13.3. The molecule has 5 heteroatoms. The van der Waals surface area contributed by atoms with Crippen molar-refractivity contribution in [2.75, 3.05) is 26.7 Å². The zero-order valence-corrected chi connectivity index (χ0v) is 19.1. The van der Waals surface area contributed by atoms with Crippen molar-refractivity contribution < 1.29 is 4.74 Å². The van der Waals surface area contributed by atoms with Crippen LogP contribution in [0.1, 0.15) is 65.5 Å². The predicted octanol–water partition coefficient (Wildman–Crippen LogP) is 4.18. The SMILES string of the molecule is CCN(CC)CCCC(C)NC(=NC)NCc1cccc(COC(C)(C)C)c1. The summed E-state index contributed by atoms with van der Waals surface area (Å²) in [7, 11) is 1.82. The second-order valence-electron chi connectivity index (χ2n) is 8.36. The lowest BCUT2D eigenvalue weighted by Crippen LogP contribution is -2.42. The molecule has 160 valence electrons. The van der Waals surface area contributed by atoms with E-state index in [0.29, 0.717) is 12.6 Å². The highest BCUT2D eigenvalue weighted by Gasteiger charge is 2.10. The molecule has 0 amide bonds. The van der Waals surface area contributed by atoms with Gasteiger partial charge in [0.15, 0.2) is 5.96 Å². The van der Waals surface area contributed by atoms with Crippen LogP contribution in [0, 0.1) is 0 Å². The zero-order valence-electron chi connectivity index (χ0n) is 19.1. The zero-order chi connectivity index (χ0) is 21.0. The summed E-state index contributed by atoms with van der Waals surface area (Å²) in [5.74, 6) is 0.853. The van der Waals surface area contributed by atoms with Gasteiger partial charge >= 0.3 is 0 Å². The Labute approximate surface area is 173 Å². The van der Waals surface area contributed by atoms with Crippen molar-refractivity contribution in [1.29, 1.82) is 0 Å². The first-order valence-electron chi connectivity index (χ1n) is 10.7. The first kappa shape index (κ1) is 24.4. The number of benzene rings is 1. The monoisotopic (exact) mass is 390 g/mol. The van der Waals surface area contributed by atoms with Crippen molar-refractivity contribution in [3.05, 3.63) is 35.4 Å². The van der Waals surface area contributed by atoms with Crippen molar-refractivity contribution in [2.24, 2.45) is 4.99 Å². The van der Waals surface area contributed by atoms with E-state index in [9.17, 15) is 0 Å². The molecule has 2 N–H and O–H groups in total. The van der Waals surface area contributed by atoms with Crippen LogP contribution in [0.3, 0.4) is 0 Å². The molecule has 1 atom stereocenters. The molecule has 0 aliphatic heterocycles. The molecule has 0 saturated carbocycles. The molecule has 0 heterocycles. The molecular weight excluding hydrogens is 348 g/mol. The van der Waals surface area contributed by atoms with Gasteiger partial charge in [0, 0.05) is 19.6 Å². The maximum atomic E-state index is 5.88. The second kappa shape index (κ2) is 12.8. The third-order valence-electron chi connectivity index (χ3n) is 4.74. The van der Waals surface area contributed by atoms with Crippen LogP contribution in [0.5, 0.6) is 0 Å². The van der Waals surface area contributed by atoms with E-state index in [2.05, 4.69) is 86.3 Å². The van der Waals surface area contributed by atoms with Gasteiger partial charge in [-0.05, 0) is 71.3 Å². The van der Waals surface area contributed by atoms with Crippen LogP contribution >= 0.6 is 0 Å². The minimum atomic E-state index is -0.123. The van der Waals surface area contributed by atoms with Gasteiger partial charge in [-0.3, -0.25) is 4.99 Å². The Bertz CT molecular complexity index is 576. The highest BCUT2D eigenvalue weighted by Crippen LogP contribution is 2.13. The van der Waals surface area contributed by atoms with Crippen LogP contribution in [0.15, 0.2) is 29.3 Å². The molecule has 0 saturated heterocycles. The molecule has 1 aromatic rings. The molecule has 0 aromatic heterocycles. The van der Waals surface area contributed by atoms with Crippen molar-refractivity contribution in [2.45, 2.75) is 79.2 Å². The van der Waals surface area contributed by atoms with Gasteiger partial charge in [0.2, 0.25) is 0 Å². The van der Waals surface area contributed by atoms with Gasteiger partial charge in [-0.15, -0.1) is 0 Å². The van der Waals surface area contributed by atoms with E-state index >= 15 is 0 Å². The van der Waals surface area contributed by atoms with Crippen LogP contribution < -0.4 is 10.6 Å². The maximum absolute atomic E-state index is 5.88. The summed E-state index contributed by atoms with van der Waals surface area (Å²) in [5, 5.41) is 6.93. The smallest absolute Gasteiger partial charge is 0.191 e. The van der Waals surface area contributed by atoms with Crippen LogP contribution in [-0.2, 0) is 17.9 Å². The van der Waals surface area contributed by atoms with E-state index in [-0.39, 0.29) is 5.60 Å². The van der Waals surface area contributed by atoms with Crippen molar-refractivity contribution in [3.8, 4) is 0 Å². The molecule has 0 aliphatic rings. The number of nitrogens with zero attached hydrogens (tertiary/aromatic N) is 2. The Balaban J connectivity index is 2.43. The van der Waals surface area contributed by atoms with Crippen LogP contribution in [-0.4, -0.2) is 49.2 Å². The summed E-state index contributed by atoms with van der Waals surface area (Å²) in [6, 6.07) is 8.92. The van der Waals surface area contributed by atoms with Gasteiger partial charge in [0.25, 0.3) is 0 Å². The topological polar surface area (TPSA) is 48.9 Å². The minimum Gasteiger partial charge on any atom is -0.371 e. The van der Waals surface area contributed by atoms with E-state index in [0.717, 1.165) is 38.6 Å². The lowest BCUT2D eigenvalue weighted by molar-refractivity contribution is -0.0149. The molecule has 1 rings (SSSR count). The quantitative estimate of drug-likeness (QED) is 0.440. The van der Waals surface area contributed by atoms with Gasteiger partial charge in [-0.25, -0.2) is 0 Å². The molecule has 0 radical (unpaired) electrons. The summed E-state index contributed by atoms with van der Waals surface area (Å²) >= 11 is 0. The molecule has 0 fully saturated rings. The van der Waals surface area contributed by atoms with Crippen LogP contribution in [0.25, 0.3) is 0 Å². The largest absolute Gasteiger partial charge is 0.371 e. The molecule has 0 bridgehead atoms. The lowest BCUT2D eigenvalue weighted by Gasteiger charge is -2.21. The standard InChI is InChI=1S/C23H42N4O/c1-8-27(9-2)15-11-12-19(3)26-22(24-7)25-17-20-13-10-14-21(16-20)18-28-23(4,5)6/h10,13-14,16,19H,8-9,11-12,15,17-18H2,1-7H3,(H2,24,25,26). The van der Waals surface area contributed by atoms with Gasteiger partial charge in [0.1, 0.15) is 0 Å². The van der Waals surface area contributed by atoms with Crippen LogP contribution in [0.2, 0.25) is 0 Å². The average molecular weight is 391 g/mol. The van der Waals surface area contributed by atoms with E-state index in [1.54, 1.807) is 0 Å². The number of rotatable bonds is 11. The molecule has 28 heavy (non-hydrogen) atoms. The summed E-state index contributed by atoms with van der Waals surface area (Å²) in [6.45, 7) is 17.7. The number of guanidine groups is 1. The molecule has 0 spiro atoms.